The van der Waals surface area contributed by atoms with Crippen molar-refractivity contribution in [3.8, 4) is 11.5 Å². The highest BCUT2D eigenvalue weighted by atomic mass is 16.7. The van der Waals surface area contributed by atoms with Gasteiger partial charge in [-0.05, 0) is 67.6 Å². The van der Waals surface area contributed by atoms with Crippen molar-refractivity contribution in [2.75, 3.05) is 18.5 Å². The average Bonchev–Trinajstić information content (AvgIpc) is 3.48. The maximum absolute atomic E-state index is 13.6. The van der Waals surface area contributed by atoms with Gasteiger partial charge in [-0.1, -0.05) is 26.8 Å². The van der Waals surface area contributed by atoms with E-state index in [0.717, 1.165) is 61.4 Å². The highest BCUT2D eigenvalue weighted by molar-refractivity contribution is 6.02. The van der Waals surface area contributed by atoms with Crippen LogP contribution >= 0.6 is 0 Å². The van der Waals surface area contributed by atoms with Gasteiger partial charge in [-0.2, -0.15) is 0 Å². The van der Waals surface area contributed by atoms with Crippen LogP contribution in [0.15, 0.2) is 42.5 Å². The molecule has 1 aromatic heterocycles. The summed E-state index contributed by atoms with van der Waals surface area (Å²) in [5, 5.41) is 4.39. The molecule has 3 aromatic rings. The minimum absolute atomic E-state index is 0.0178. The molecule has 6 rings (SSSR count). The van der Waals surface area contributed by atoms with Crippen molar-refractivity contribution in [3.05, 3.63) is 53.7 Å². The molecule has 1 amide bonds. The largest absolute Gasteiger partial charge is 0.449 e. The number of hydrogen-bond acceptors (Lipinski definition) is 4. The first-order valence-corrected chi connectivity index (χ1v) is 13.6. The van der Waals surface area contributed by atoms with E-state index in [1.54, 1.807) is 0 Å². The van der Waals surface area contributed by atoms with Crippen LogP contribution in [0.2, 0.25) is 0 Å². The lowest BCUT2D eigenvalue weighted by Gasteiger charge is -2.27. The summed E-state index contributed by atoms with van der Waals surface area (Å²) in [4.78, 5) is 13.6. The van der Waals surface area contributed by atoms with Gasteiger partial charge in [0.2, 0.25) is 11.7 Å². The summed E-state index contributed by atoms with van der Waals surface area (Å²) in [6.07, 6.45) is 4.00. The standard InChI is InChI=1S/C31H38N2O4/c1-29(2,3)27-16-21-15-23(9-10-24(21)33(27)18-20-7-6-14-35-19-20)32-28(34)31(12-13-31)22-8-11-25-26(17-22)37-30(4,5)36-25/h8-11,15-17,20H,6-7,12-14,18-19H2,1-5H3,(H,32,34). The Morgan fingerprint density at radius 2 is 1.84 bits per heavy atom. The van der Waals surface area contributed by atoms with Gasteiger partial charge in [0.15, 0.2) is 11.5 Å². The number of nitrogens with zero attached hydrogens (tertiary/aromatic N) is 1. The lowest BCUT2D eigenvalue weighted by atomic mass is 9.91. The fourth-order valence-corrected chi connectivity index (χ4v) is 5.92. The topological polar surface area (TPSA) is 61.7 Å². The second kappa shape index (κ2) is 8.52. The Morgan fingerprint density at radius 1 is 1.05 bits per heavy atom. The van der Waals surface area contributed by atoms with E-state index in [0.29, 0.717) is 11.7 Å². The molecular weight excluding hydrogens is 464 g/mol. The Kier molecular flexibility index (Phi) is 5.61. The molecule has 3 heterocycles. The molecule has 1 saturated heterocycles. The number of hydrogen-bond donors (Lipinski definition) is 1. The Balaban J connectivity index is 1.26. The molecular formula is C31H38N2O4. The molecule has 2 aliphatic heterocycles. The molecule has 0 spiro atoms. The van der Waals surface area contributed by atoms with Crippen molar-refractivity contribution in [2.45, 2.75) is 83.5 Å². The predicted molar refractivity (Wildman–Crippen MR) is 145 cm³/mol. The molecule has 0 radical (unpaired) electrons. The number of aromatic nitrogens is 1. The van der Waals surface area contributed by atoms with Crippen LogP contribution in [0.3, 0.4) is 0 Å². The maximum atomic E-state index is 13.6. The normalized spacial score (nSPS) is 21.7. The minimum atomic E-state index is -0.679. The number of anilines is 1. The molecule has 1 atom stereocenters. The Morgan fingerprint density at radius 3 is 2.54 bits per heavy atom. The Hall–Kier alpha value is -2.99. The molecule has 37 heavy (non-hydrogen) atoms. The van der Waals surface area contributed by atoms with Crippen LogP contribution in [-0.2, 0) is 26.9 Å². The van der Waals surface area contributed by atoms with Crippen LogP contribution < -0.4 is 14.8 Å². The van der Waals surface area contributed by atoms with Gasteiger partial charge in [-0.15, -0.1) is 0 Å². The monoisotopic (exact) mass is 502 g/mol. The third kappa shape index (κ3) is 4.50. The highest BCUT2D eigenvalue weighted by Crippen LogP contribution is 2.52. The van der Waals surface area contributed by atoms with Crippen molar-refractivity contribution in [1.29, 1.82) is 0 Å². The molecule has 1 saturated carbocycles. The fraction of sp³-hybridized carbons (Fsp3) is 0.516. The van der Waals surface area contributed by atoms with E-state index in [1.165, 1.54) is 17.6 Å². The molecule has 1 N–H and O–H groups in total. The van der Waals surface area contributed by atoms with Crippen LogP contribution in [0.25, 0.3) is 10.9 Å². The van der Waals surface area contributed by atoms with Crippen molar-refractivity contribution in [3.63, 3.8) is 0 Å². The average molecular weight is 503 g/mol. The Labute approximate surface area is 219 Å². The van der Waals surface area contributed by atoms with Crippen molar-refractivity contribution in [2.24, 2.45) is 5.92 Å². The van der Waals surface area contributed by atoms with Gasteiger partial charge in [-0.25, -0.2) is 0 Å². The molecule has 2 fully saturated rings. The maximum Gasteiger partial charge on any atom is 0.246 e. The number of amides is 1. The van der Waals surface area contributed by atoms with E-state index in [4.69, 9.17) is 14.2 Å². The minimum Gasteiger partial charge on any atom is -0.449 e. The number of benzene rings is 2. The molecule has 2 aromatic carbocycles. The lowest BCUT2D eigenvalue weighted by Crippen LogP contribution is -2.29. The van der Waals surface area contributed by atoms with Gasteiger partial charge in [0.25, 0.3) is 0 Å². The van der Waals surface area contributed by atoms with E-state index >= 15 is 0 Å². The first kappa shape index (κ1) is 24.4. The highest BCUT2D eigenvalue weighted by Gasteiger charge is 2.52. The van der Waals surface area contributed by atoms with Gasteiger partial charge < -0.3 is 24.1 Å². The van der Waals surface area contributed by atoms with Crippen LogP contribution in [0.5, 0.6) is 11.5 Å². The number of nitrogens with one attached hydrogen (secondary N) is 1. The van der Waals surface area contributed by atoms with Crippen molar-refractivity contribution in [1.82, 2.24) is 4.57 Å². The molecule has 196 valence electrons. The number of ether oxygens (including phenoxy) is 3. The van der Waals surface area contributed by atoms with Crippen molar-refractivity contribution >= 4 is 22.5 Å². The van der Waals surface area contributed by atoms with Gasteiger partial charge in [0.05, 0.1) is 12.0 Å². The quantitative estimate of drug-likeness (QED) is 0.430. The van der Waals surface area contributed by atoms with Gasteiger partial charge in [-0.3, -0.25) is 4.79 Å². The number of carbonyl (C=O) groups excluding carboxylic acids is 1. The Bertz CT molecular complexity index is 1350. The lowest BCUT2D eigenvalue weighted by molar-refractivity contribution is -0.118. The van der Waals surface area contributed by atoms with Gasteiger partial charge in [0.1, 0.15) is 0 Å². The molecule has 3 aliphatic rings. The second-order valence-electron chi connectivity index (χ2n) is 12.5. The zero-order valence-electron chi connectivity index (χ0n) is 22.6. The van der Waals surface area contributed by atoms with Gasteiger partial charge >= 0.3 is 0 Å². The number of fused-ring (bicyclic) bond motifs is 2. The smallest absolute Gasteiger partial charge is 0.246 e. The summed E-state index contributed by atoms with van der Waals surface area (Å²) in [6.45, 7) is 13.3. The van der Waals surface area contributed by atoms with E-state index in [-0.39, 0.29) is 11.3 Å². The van der Waals surface area contributed by atoms with Crippen LogP contribution in [0.4, 0.5) is 5.69 Å². The summed E-state index contributed by atoms with van der Waals surface area (Å²) in [5.74, 6) is 1.34. The molecule has 6 heteroatoms. The number of rotatable bonds is 5. The van der Waals surface area contributed by atoms with E-state index in [9.17, 15) is 4.79 Å². The second-order valence-corrected chi connectivity index (χ2v) is 12.5. The summed E-state index contributed by atoms with van der Waals surface area (Å²) in [5.41, 5.74) is 3.87. The van der Waals surface area contributed by atoms with Crippen LogP contribution in [0, 0.1) is 5.92 Å². The third-order valence-electron chi connectivity index (χ3n) is 8.02. The van der Waals surface area contributed by atoms with Gasteiger partial charge in [0, 0.05) is 60.6 Å². The zero-order valence-corrected chi connectivity index (χ0v) is 22.6. The first-order chi connectivity index (χ1) is 17.5. The number of carbonyl (C=O) groups is 1. The molecule has 1 aliphatic carbocycles. The summed E-state index contributed by atoms with van der Waals surface area (Å²) < 4.78 is 20.0. The van der Waals surface area contributed by atoms with Crippen LogP contribution in [-0.4, -0.2) is 29.5 Å². The summed E-state index contributed by atoms with van der Waals surface area (Å²) >= 11 is 0. The van der Waals surface area contributed by atoms with Crippen LogP contribution in [0.1, 0.15) is 71.6 Å². The van der Waals surface area contributed by atoms with E-state index in [2.05, 4.69) is 48.9 Å². The fourth-order valence-electron chi connectivity index (χ4n) is 5.92. The first-order valence-electron chi connectivity index (χ1n) is 13.6. The molecule has 6 nitrogen and oxygen atoms in total. The van der Waals surface area contributed by atoms with E-state index in [1.807, 2.05) is 38.1 Å². The predicted octanol–water partition coefficient (Wildman–Crippen LogP) is 6.54. The summed E-state index contributed by atoms with van der Waals surface area (Å²) in [6, 6.07) is 14.5. The van der Waals surface area contributed by atoms with E-state index < -0.39 is 11.2 Å². The molecule has 0 bridgehead atoms. The summed E-state index contributed by atoms with van der Waals surface area (Å²) in [7, 11) is 0. The zero-order chi connectivity index (χ0) is 26.0. The van der Waals surface area contributed by atoms with Crippen molar-refractivity contribution < 1.29 is 19.0 Å². The molecule has 1 unspecified atom stereocenters. The third-order valence-corrected chi connectivity index (χ3v) is 8.02. The SMILES string of the molecule is CC1(C)Oc2ccc(C3(C(=O)Nc4ccc5c(c4)cc(C(C)(C)C)n5CC4CCCOC4)CC3)cc2O1.